The Bertz CT molecular complexity index is 410. The summed E-state index contributed by atoms with van der Waals surface area (Å²) in [7, 11) is 0. The molecule has 17 heavy (non-hydrogen) atoms. The topological polar surface area (TPSA) is 62.4 Å². The molecule has 92 valence electrons. The number of pyridine rings is 1. The van der Waals surface area contributed by atoms with E-state index in [1.165, 1.54) is 0 Å². The average molecular weight is 251 g/mol. The number of aromatic nitrogens is 1. The van der Waals surface area contributed by atoms with Crippen LogP contribution >= 0.6 is 12.2 Å². The van der Waals surface area contributed by atoms with E-state index in [0.29, 0.717) is 10.9 Å². The first kappa shape index (κ1) is 12.3. The van der Waals surface area contributed by atoms with Crippen LogP contribution in [0.5, 0.6) is 0 Å². The van der Waals surface area contributed by atoms with Crippen molar-refractivity contribution in [2.75, 3.05) is 24.6 Å². The molecule has 2 rings (SSSR count). The van der Waals surface area contributed by atoms with Gasteiger partial charge in [0.05, 0.1) is 0 Å². The smallest absolute Gasteiger partial charge is 0.129 e. The Kier molecular flexibility index (Phi) is 3.91. The van der Waals surface area contributed by atoms with Crippen LogP contribution in [0.3, 0.4) is 0 Å². The summed E-state index contributed by atoms with van der Waals surface area (Å²) in [6.07, 6.45) is 3.72. The number of aliphatic hydroxyl groups excluding tert-OH is 1. The van der Waals surface area contributed by atoms with Gasteiger partial charge in [-0.25, -0.2) is 4.98 Å². The van der Waals surface area contributed by atoms with E-state index in [1.807, 2.05) is 12.1 Å². The molecule has 1 unspecified atom stereocenters. The largest absolute Gasteiger partial charge is 0.396 e. The van der Waals surface area contributed by atoms with Crippen LogP contribution in [0.4, 0.5) is 5.82 Å². The molecule has 0 aromatic carbocycles. The molecular formula is C12H17N3OS. The van der Waals surface area contributed by atoms with Gasteiger partial charge in [0.2, 0.25) is 0 Å². The number of thiocarbonyl (C=S) groups is 1. The minimum absolute atomic E-state index is 0.263. The van der Waals surface area contributed by atoms with Crippen LogP contribution in [0.15, 0.2) is 18.3 Å². The fourth-order valence-electron chi connectivity index (χ4n) is 2.20. The first-order chi connectivity index (χ1) is 8.20. The molecule has 1 atom stereocenters. The first-order valence-electron chi connectivity index (χ1n) is 5.82. The molecule has 0 aliphatic carbocycles. The van der Waals surface area contributed by atoms with E-state index in [-0.39, 0.29) is 6.61 Å². The highest BCUT2D eigenvalue weighted by molar-refractivity contribution is 7.80. The number of rotatable bonds is 4. The van der Waals surface area contributed by atoms with Gasteiger partial charge in [0, 0.05) is 31.5 Å². The molecule has 1 aliphatic heterocycles. The lowest BCUT2D eigenvalue weighted by Crippen LogP contribution is -2.22. The van der Waals surface area contributed by atoms with Gasteiger partial charge in [-0.05, 0) is 30.9 Å². The van der Waals surface area contributed by atoms with Gasteiger partial charge >= 0.3 is 0 Å². The number of hydrogen-bond donors (Lipinski definition) is 2. The zero-order valence-electron chi connectivity index (χ0n) is 9.67. The van der Waals surface area contributed by atoms with E-state index >= 15 is 0 Å². The SMILES string of the molecule is NC(=S)c1ccnc(N2CCC(CCO)C2)c1. The monoisotopic (exact) mass is 251 g/mol. The molecular weight excluding hydrogens is 234 g/mol. The second kappa shape index (κ2) is 5.42. The van der Waals surface area contributed by atoms with E-state index in [1.54, 1.807) is 6.20 Å². The summed E-state index contributed by atoms with van der Waals surface area (Å²) < 4.78 is 0. The quantitative estimate of drug-likeness (QED) is 0.779. The van der Waals surface area contributed by atoms with Crippen LogP contribution in [-0.2, 0) is 0 Å². The molecule has 2 heterocycles. The molecule has 4 nitrogen and oxygen atoms in total. The lowest BCUT2D eigenvalue weighted by Gasteiger charge is -2.17. The predicted molar refractivity (Wildman–Crippen MR) is 72.1 cm³/mol. The Morgan fingerprint density at radius 1 is 1.65 bits per heavy atom. The Morgan fingerprint density at radius 2 is 2.47 bits per heavy atom. The van der Waals surface area contributed by atoms with Crippen LogP contribution in [0.25, 0.3) is 0 Å². The summed E-state index contributed by atoms with van der Waals surface area (Å²) in [6.45, 7) is 2.20. The Hall–Kier alpha value is -1.20. The van der Waals surface area contributed by atoms with Crippen molar-refractivity contribution in [2.24, 2.45) is 11.7 Å². The highest BCUT2D eigenvalue weighted by Crippen LogP contribution is 2.24. The lowest BCUT2D eigenvalue weighted by atomic mass is 10.1. The minimum Gasteiger partial charge on any atom is -0.396 e. The Labute approximate surface area is 106 Å². The lowest BCUT2D eigenvalue weighted by molar-refractivity contribution is 0.263. The number of nitrogens with two attached hydrogens (primary N) is 1. The molecule has 0 saturated carbocycles. The van der Waals surface area contributed by atoms with Crippen molar-refractivity contribution < 1.29 is 5.11 Å². The molecule has 1 aliphatic rings. The van der Waals surface area contributed by atoms with E-state index in [0.717, 1.165) is 37.3 Å². The maximum absolute atomic E-state index is 8.93. The average Bonchev–Trinajstić information content (AvgIpc) is 2.78. The molecule has 0 bridgehead atoms. The Balaban J connectivity index is 2.08. The van der Waals surface area contributed by atoms with Crippen molar-refractivity contribution in [3.8, 4) is 0 Å². The first-order valence-corrected chi connectivity index (χ1v) is 6.23. The molecule has 3 N–H and O–H groups in total. The van der Waals surface area contributed by atoms with Gasteiger partial charge in [-0.15, -0.1) is 0 Å². The zero-order chi connectivity index (χ0) is 12.3. The fraction of sp³-hybridized carbons (Fsp3) is 0.500. The van der Waals surface area contributed by atoms with Gasteiger partial charge in [-0.3, -0.25) is 0 Å². The second-order valence-electron chi connectivity index (χ2n) is 4.38. The molecule has 1 aromatic rings. The van der Waals surface area contributed by atoms with Gasteiger partial charge in [0.25, 0.3) is 0 Å². The van der Waals surface area contributed by atoms with Crippen molar-refractivity contribution >= 4 is 23.0 Å². The van der Waals surface area contributed by atoms with Crippen molar-refractivity contribution in [1.82, 2.24) is 4.98 Å². The number of hydrogen-bond acceptors (Lipinski definition) is 4. The van der Waals surface area contributed by atoms with Crippen LogP contribution in [0, 0.1) is 5.92 Å². The van der Waals surface area contributed by atoms with E-state index in [9.17, 15) is 0 Å². The molecule has 5 heteroatoms. The summed E-state index contributed by atoms with van der Waals surface area (Å²) in [6, 6.07) is 3.76. The van der Waals surface area contributed by atoms with Crippen molar-refractivity contribution in [2.45, 2.75) is 12.8 Å². The van der Waals surface area contributed by atoms with E-state index in [4.69, 9.17) is 23.1 Å². The standard InChI is InChI=1S/C12H17N3OS/c13-12(17)10-1-4-14-11(7-10)15-5-2-9(8-15)3-6-16/h1,4,7,9,16H,2-3,5-6,8H2,(H2,13,17). The fourth-order valence-corrected chi connectivity index (χ4v) is 2.33. The van der Waals surface area contributed by atoms with Crippen molar-refractivity contribution in [1.29, 1.82) is 0 Å². The van der Waals surface area contributed by atoms with E-state index < -0.39 is 0 Å². The third kappa shape index (κ3) is 2.92. The number of nitrogens with zero attached hydrogens (tertiary/aromatic N) is 2. The molecule has 0 radical (unpaired) electrons. The summed E-state index contributed by atoms with van der Waals surface area (Å²) in [5, 5.41) is 8.93. The molecule has 0 spiro atoms. The molecule has 0 amide bonds. The van der Waals surface area contributed by atoms with Crippen LogP contribution in [-0.4, -0.2) is 34.8 Å². The Morgan fingerprint density at radius 3 is 3.18 bits per heavy atom. The summed E-state index contributed by atoms with van der Waals surface area (Å²) >= 11 is 4.96. The van der Waals surface area contributed by atoms with Gasteiger partial charge in [-0.1, -0.05) is 12.2 Å². The molecule has 1 aromatic heterocycles. The third-order valence-corrected chi connectivity index (χ3v) is 3.41. The second-order valence-corrected chi connectivity index (χ2v) is 4.82. The van der Waals surface area contributed by atoms with Crippen LogP contribution in [0.2, 0.25) is 0 Å². The van der Waals surface area contributed by atoms with Crippen LogP contribution < -0.4 is 10.6 Å². The minimum atomic E-state index is 0.263. The van der Waals surface area contributed by atoms with E-state index in [2.05, 4.69) is 9.88 Å². The summed E-state index contributed by atoms with van der Waals surface area (Å²) in [4.78, 5) is 6.97. The third-order valence-electron chi connectivity index (χ3n) is 3.18. The van der Waals surface area contributed by atoms with Gasteiger partial charge in [0.1, 0.15) is 10.8 Å². The number of aliphatic hydroxyl groups is 1. The maximum Gasteiger partial charge on any atom is 0.129 e. The molecule has 1 fully saturated rings. The predicted octanol–water partition coefficient (Wildman–Crippen LogP) is 0.925. The van der Waals surface area contributed by atoms with Gasteiger partial charge in [-0.2, -0.15) is 0 Å². The molecule has 1 saturated heterocycles. The van der Waals surface area contributed by atoms with Crippen molar-refractivity contribution in [3.05, 3.63) is 23.9 Å². The number of anilines is 1. The zero-order valence-corrected chi connectivity index (χ0v) is 10.5. The maximum atomic E-state index is 8.93. The van der Waals surface area contributed by atoms with Gasteiger partial charge in [0.15, 0.2) is 0 Å². The van der Waals surface area contributed by atoms with Crippen LogP contribution in [0.1, 0.15) is 18.4 Å². The summed E-state index contributed by atoms with van der Waals surface area (Å²) in [5.74, 6) is 1.49. The summed E-state index contributed by atoms with van der Waals surface area (Å²) in [5.41, 5.74) is 6.47. The van der Waals surface area contributed by atoms with Crippen molar-refractivity contribution in [3.63, 3.8) is 0 Å². The normalized spacial score (nSPS) is 19.6. The highest BCUT2D eigenvalue weighted by atomic mass is 32.1. The van der Waals surface area contributed by atoms with Gasteiger partial charge < -0.3 is 15.7 Å². The highest BCUT2D eigenvalue weighted by Gasteiger charge is 2.23.